The predicted octanol–water partition coefficient (Wildman–Crippen LogP) is 1.71. The second-order valence-corrected chi connectivity index (χ2v) is 7.21. The molecule has 168 valence electrons. The van der Waals surface area contributed by atoms with Crippen LogP contribution in [0.15, 0.2) is 18.2 Å². The minimum Gasteiger partial charge on any atom is -0.454 e. The molecule has 1 aromatic heterocycles. The van der Waals surface area contributed by atoms with E-state index < -0.39 is 0 Å². The van der Waals surface area contributed by atoms with Gasteiger partial charge in [0.25, 0.3) is 0 Å². The zero-order chi connectivity index (χ0) is 21.3. The summed E-state index contributed by atoms with van der Waals surface area (Å²) in [5, 5.41) is 9.78. The third kappa shape index (κ3) is 6.29. The lowest BCUT2D eigenvalue weighted by atomic mass is 9.93. The second-order valence-electron chi connectivity index (χ2n) is 7.21. The molecule has 0 unspecified atom stereocenters. The van der Waals surface area contributed by atoms with E-state index in [9.17, 15) is 0 Å². The lowest BCUT2D eigenvalue weighted by Gasteiger charge is -2.26. The first-order chi connectivity index (χ1) is 15.3. The number of fused-ring (bicyclic) bond motifs is 1. The Hall–Kier alpha value is -2.89. The average molecular weight is 431 g/mol. The molecule has 1 aliphatic carbocycles. The van der Waals surface area contributed by atoms with E-state index in [1.54, 1.807) is 0 Å². The van der Waals surface area contributed by atoms with Crippen molar-refractivity contribution < 1.29 is 18.9 Å². The zero-order valence-electron chi connectivity index (χ0n) is 17.4. The molecule has 1 saturated carbocycles. The zero-order valence-corrected chi connectivity index (χ0v) is 17.4. The summed E-state index contributed by atoms with van der Waals surface area (Å²) in [6.07, 6.45) is 3.47. The van der Waals surface area contributed by atoms with Crippen molar-refractivity contribution in [2.24, 2.45) is 5.73 Å². The van der Waals surface area contributed by atoms with Crippen LogP contribution in [0.4, 0.5) is 23.5 Å². The van der Waals surface area contributed by atoms with Crippen molar-refractivity contribution in [3.63, 3.8) is 0 Å². The number of ether oxygens (including phenoxy) is 4. The fourth-order valence-electron chi connectivity index (χ4n) is 3.05. The van der Waals surface area contributed by atoms with Crippen LogP contribution in [0.3, 0.4) is 0 Å². The molecule has 1 aromatic carbocycles. The van der Waals surface area contributed by atoms with E-state index in [0.717, 1.165) is 24.3 Å². The van der Waals surface area contributed by atoms with Gasteiger partial charge >= 0.3 is 0 Å². The van der Waals surface area contributed by atoms with Crippen molar-refractivity contribution in [3.8, 4) is 11.5 Å². The lowest BCUT2D eigenvalue weighted by molar-refractivity contribution is 0.0547. The first kappa shape index (κ1) is 21.3. The van der Waals surface area contributed by atoms with Crippen LogP contribution in [0.1, 0.15) is 19.3 Å². The SMILES string of the molecule is NCCOCCOCCNc1nc(Nc2ccc3c(c2)OCO3)nc(NC2CCC2)n1. The summed E-state index contributed by atoms with van der Waals surface area (Å²) in [5.74, 6) is 2.88. The van der Waals surface area contributed by atoms with Gasteiger partial charge in [0.15, 0.2) is 11.5 Å². The Morgan fingerprint density at radius 1 is 0.935 bits per heavy atom. The van der Waals surface area contributed by atoms with E-state index in [1.807, 2.05) is 18.2 Å². The highest BCUT2D eigenvalue weighted by Gasteiger charge is 2.19. The van der Waals surface area contributed by atoms with Crippen LogP contribution in [0.2, 0.25) is 0 Å². The van der Waals surface area contributed by atoms with Crippen LogP contribution < -0.4 is 31.2 Å². The van der Waals surface area contributed by atoms with Gasteiger partial charge in [-0.2, -0.15) is 15.0 Å². The highest BCUT2D eigenvalue weighted by molar-refractivity contribution is 5.61. The summed E-state index contributed by atoms with van der Waals surface area (Å²) in [7, 11) is 0. The average Bonchev–Trinajstić information content (AvgIpc) is 3.20. The first-order valence-corrected chi connectivity index (χ1v) is 10.6. The quantitative estimate of drug-likeness (QED) is 0.345. The molecule has 0 spiro atoms. The standard InChI is InChI=1S/C20H29N7O4/c21-6-8-28-10-11-29-9-7-22-18-25-19(23-14-2-1-3-14)27-20(26-18)24-15-4-5-16-17(12-15)31-13-30-16/h4-5,12,14H,1-3,6-11,13,21H2,(H3,22,23,24,25,26,27). The van der Waals surface area contributed by atoms with E-state index in [4.69, 9.17) is 24.7 Å². The van der Waals surface area contributed by atoms with Crippen LogP contribution >= 0.6 is 0 Å². The Morgan fingerprint density at radius 2 is 1.71 bits per heavy atom. The number of anilines is 4. The van der Waals surface area contributed by atoms with Crippen LogP contribution in [-0.2, 0) is 9.47 Å². The van der Waals surface area contributed by atoms with Crippen LogP contribution in [0.5, 0.6) is 11.5 Å². The smallest absolute Gasteiger partial charge is 0.233 e. The molecule has 31 heavy (non-hydrogen) atoms. The van der Waals surface area contributed by atoms with Gasteiger partial charge in [0, 0.05) is 30.9 Å². The number of nitrogens with zero attached hydrogens (tertiary/aromatic N) is 3. The van der Waals surface area contributed by atoms with Gasteiger partial charge in [-0.15, -0.1) is 0 Å². The summed E-state index contributed by atoms with van der Waals surface area (Å²) >= 11 is 0. The molecule has 1 aliphatic heterocycles. The van der Waals surface area contributed by atoms with Crippen molar-refractivity contribution in [3.05, 3.63) is 18.2 Å². The van der Waals surface area contributed by atoms with Gasteiger partial charge in [0.2, 0.25) is 24.6 Å². The summed E-state index contributed by atoms with van der Waals surface area (Å²) in [6.45, 7) is 3.41. The molecule has 0 bridgehead atoms. The number of nitrogens with one attached hydrogen (secondary N) is 3. The topological polar surface area (TPSA) is 138 Å². The number of aromatic nitrogens is 3. The normalized spacial score (nSPS) is 14.9. The Morgan fingerprint density at radius 3 is 2.52 bits per heavy atom. The Bertz CT molecular complexity index is 850. The molecule has 0 amide bonds. The van der Waals surface area contributed by atoms with Gasteiger partial charge in [0.1, 0.15) is 0 Å². The maximum atomic E-state index is 5.54. The molecule has 1 fully saturated rings. The second kappa shape index (κ2) is 10.9. The summed E-state index contributed by atoms with van der Waals surface area (Å²) < 4.78 is 21.6. The molecular formula is C20H29N7O4. The molecule has 2 aliphatic rings. The van der Waals surface area contributed by atoms with Crippen molar-refractivity contribution in [2.45, 2.75) is 25.3 Å². The minimum atomic E-state index is 0.231. The fourth-order valence-corrected chi connectivity index (χ4v) is 3.05. The predicted molar refractivity (Wildman–Crippen MR) is 116 cm³/mol. The molecule has 0 saturated heterocycles. The Kier molecular flexibility index (Phi) is 7.53. The molecular weight excluding hydrogens is 402 g/mol. The summed E-state index contributed by atoms with van der Waals surface area (Å²) in [6, 6.07) is 6.01. The van der Waals surface area contributed by atoms with Gasteiger partial charge < -0.3 is 40.6 Å². The fraction of sp³-hybridized carbons (Fsp3) is 0.550. The highest BCUT2D eigenvalue weighted by atomic mass is 16.7. The number of nitrogens with two attached hydrogens (primary N) is 1. The van der Waals surface area contributed by atoms with Crippen molar-refractivity contribution >= 4 is 23.5 Å². The molecule has 0 atom stereocenters. The summed E-state index contributed by atoms with van der Waals surface area (Å²) in [4.78, 5) is 13.5. The monoisotopic (exact) mass is 431 g/mol. The van der Waals surface area contributed by atoms with E-state index in [-0.39, 0.29) is 6.79 Å². The van der Waals surface area contributed by atoms with E-state index in [0.29, 0.717) is 69.2 Å². The van der Waals surface area contributed by atoms with Crippen LogP contribution in [0, 0.1) is 0 Å². The van der Waals surface area contributed by atoms with E-state index in [2.05, 4.69) is 30.9 Å². The van der Waals surface area contributed by atoms with Crippen molar-refractivity contribution in [2.75, 3.05) is 62.3 Å². The van der Waals surface area contributed by atoms with Crippen molar-refractivity contribution in [1.29, 1.82) is 0 Å². The van der Waals surface area contributed by atoms with Gasteiger partial charge in [-0.1, -0.05) is 0 Å². The number of benzene rings is 1. The van der Waals surface area contributed by atoms with E-state index in [1.165, 1.54) is 6.42 Å². The maximum absolute atomic E-state index is 5.54. The highest BCUT2D eigenvalue weighted by Crippen LogP contribution is 2.35. The van der Waals surface area contributed by atoms with Crippen molar-refractivity contribution in [1.82, 2.24) is 15.0 Å². The van der Waals surface area contributed by atoms with Crippen LogP contribution in [0.25, 0.3) is 0 Å². The van der Waals surface area contributed by atoms with E-state index >= 15 is 0 Å². The largest absolute Gasteiger partial charge is 0.454 e. The van der Waals surface area contributed by atoms with Gasteiger partial charge in [-0.25, -0.2) is 0 Å². The molecule has 2 heterocycles. The van der Waals surface area contributed by atoms with Gasteiger partial charge in [0.05, 0.1) is 26.4 Å². The van der Waals surface area contributed by atoms with Crippen LogP contribution in [-0.4, -0.2) is 67.3 Å². The molecule has 11 nitrogen and oxygen atoms in total. The molecule has 11 heteroatoms. The first-order valence-electron chi connectivity index (χ1n) is 10.6. The molecule has 5 N–H and O–H groups in total. The third-order valence-electron chi connectivity index (χ3n) is 4.87. The molecule has 4 rings (SSSR count). The minimum absolute atomic E-state index is 0.231. The number of rotatable bonds is 13. The molecule has 2 aromatic rings. The van der Waals surface area contributed by atoms with Gasteiger partial charge in [-0.05, 0) is 31.4 Å². The molecule has 0 radical (unpaired) electrons. The number of hydrogen-bond donors (Lipinski definition) is 4. The Balaban J connectivity index is 1.34. The number of hydrogen-bond acceptors (Lipinski definition) is 11. The Labute approximate surface area is 181 Å². The summed E-state index contributed by atoms with van der Waals surface area (Å²) in [5.41, 5.74) is 6.18. The lowest BCUT2D eigenvalue weighted by Crippen LogP contribution is -2.28. The third-order valence-corrected chi connectivity index (χ3v) is 4.87. The maximum Gasteiger partial charge on any atom is 0.233 e. The van der Waals surface area contributed by atoms with Gasteiger partial charge in [-0.3, -0.25) is 0 Å².